The lowest BCUT2D eigenvalue weighted by Crippen LogP contribution is -2.10. The van der Waals surface area contributed by atoms with Gasteiger partial charge in [0.15, 0.2) is 11.6 Å². The van der Waals surface area contributed by atoms with E-state index < -0.39 is 269 Å². The third-order valence-electron chi connectivity index (χ3n) is 9.30. The summed E-state index contributed by atoms with van der Waals surface area (Å²) in [5.41, 5.74) is -5.23. The standard InChI is InChI=1S/C49H30N8/c1-2-13-31(14-3-1)47-52-48(54-49(53-47)57-41-22-10-6-15-32(41)33-16-7-11-23-42(33)57)38-19-12-24-43(55-39-20-8-4-17-34(39)36-25-27-50-29-44(36)55)46(38)56-40-21-9-5-18-35(40)37-26-28-51-30-45(37)56/h1-30H/i1D,2D,3D,4D,5D,6D,7D,8D,9D,10D,11D,13D,14D,15D,16D,17D,18D,20D,21D,22D,23D,25D,26D,27D,28D,29D,30D. The van der Waals surface area contributed by atoms with Crippen molar-refractivity contribution >= 4 is 65.4 Å². The number of aromatic nitrogens is 8. The van der Waals surface area contributed by atoms with Crippen molar-refractivity contribution in [2.24, 2.45) is 0 Å². The molecule has 0 aliphatic rings. The Morgan fingerprint density at radius 1 is 0.404 bits per heavy atom. The molecule has 0 radical (unpaired) electrons. The van der Waals surface area contributed by atoms with Gasteiger partial charge in [-0.15, -0.1) is 0 Å². The first-order valence-electron chi connectivity index (χ1n) is 30.2. The van der Waals surface area contributed by atoms with E-state index in [4.69, 9.17) is 34.6 Å². The summed E-state index contributed by atoms with van der Waals surface area (Å²) in [5, 5.41) is -2.65. The first-order valence-corrected chi connectivity index (χ1v) is 16.7. The van der Waals surface area contributed by atoms with Crippen LogP contribution in [0.1, 0.15) is 37.0 Å². The molecule has 6 aromatic heterocycles. The molecule has 0 aliphatic heterocycles. The van der Waals surface area contributed by atoms with Crippen LogP contribution in [0.5, 0.6) is 0 Å². The third kappa shape index (κ3) is 4.64. The van der Waals surface area contributed by atoms with Gasteiger partial charge in [0.25, 0.3) is 0 Å². The van der Waals surface area contributed by atoms with Gasteiger partial charge in [-0.25, -0.2) is 4.98 Å². The van der Waals surface area contributed by atoms with E-state index in [0.29, 0.717) is 0 Å². The molecule has 0 bridgehead atoms. The van der Waals surface area contributed by atoms with Gasteiger partial charge in [-0.2, -0.15) is 9.97 Å². The summed E-state index contributed by atoms with van der Waals surface area (Å²) in [6, 6.07) is -15.4. The van der Waals surface area contributed by atoms with Crippen LogP contribution < -0.4 is 0 Å². The topological polar surface area (TPSA) is 79.2 Å². The second-order valence-corrected chi connectivity index (χ2v) is 12.2. The molecule has 0 spiro atoms. The zero-order chi connectivity index (χ0) is 60.9. The molecule has 0 N–H and O–H groups in total. The third-order valence-corrected chi connectivity index (χ3v) is 9.30. The van der Waals surface area contributed by atoms with Crippen LogP contribution in [-0.2, 0) is 0 Å². The van der Waals surface area contributed by atoms with Gasteiger partial charge >= 0.3 is 0 Å². The van der Waals surface area contributed by atoms with E-state index in [1.807, 2.05) is 0 Å². The second kappa shape index (κ2) is 12.3. The fourth-order valence-corrected chi connectivity index (χ4v) is 7.05. The Balaban J connectivity index is 1.40. The average molecular weight is 758 g/mol. The summed E-state index contributed by atoms with van der Waals surface area (Å²) >= 11 is 0. The predicted molar refractivity (Wildman–Crippen MR) is 229 cm³/mol. The van der Waals surface area contributed by atoms with E-state index in [0.717, 1.165) is 13.7 Å². The fraction of sp³-hybridized carbons (Fsp3) is 0. The van der Waals surface area contributed by atoms with Crippen LogP contribution in [-0.4, -0.2) is 38.6 Å². The van der Waals surface area contributed by atoms with Crippen molar-refractivity contribution in [1.29, 1.82) is 0 Å². The summed E-state index contributed by atoms with van der Waals surface area (Å²) in [6.45, 7) is 0. The van der Waals surface area contributed by atoms with Crippen LogP contribution in [0.15, 0.2) is 182 Å². The van der Waals surface area contributed by atoms with Crippen LogP contribution in [0.3, 0.4) is 0 Å². The van der Waals surface area contributed by atoms with Crippen molar-refractivity contribution in [2.75, 3.05) is 0 Å². The van der Waals surface area contributed by atoms with Crippen molar-refractivity contribution in [3.63, 3.8) is 0 Å². The minimum absolute atomic E-state index is 0.399. The number of hydrogen-bond acceptors (Lipinski definition) is 5. The normalized spacial score (nSPS) is 18.5. The Hall–Kier alpha value is -7.97. The molecule has 8 heteroatoms. The van der Waals surface area contributed by atoms with Gasteiger partial charge in [-0.1, -0.05) is 109 Å². The molecule has 6 heterocycles. The summed E-state index contributed by atoms with van der Waals surface area (Å²) in [7, 11) is 0. The molecule has 0 saturated carbocycles. The van der Waals surface area contributed by atoms with E-state index in [9.17, 15) is 12.3 Å². The lowest BCUT2D eigenvalue weighted by Gasteiger charge is -2.20. The highest BCUT2D eigenvalue weighted by Gasteiger charge is 2.25. The Labute approximate surface area is 363 Å². The van der Waals surface area contributed by atoms with Gasteiger partial charge in [0, 0.05) is 55.8 Å². The monoisotopic (exact) mass is 757 g/mol. The van der Waals surface area contributed by atoms with Crippen LogP contribution in [0.25, 0.3) is 106 Å². The first-order chi connectivity index (χ1) is 39.5. The van der Waals surface area contributed by atoms with Crippen LogP contribution in [0.4, 0.5) is 0 Å². The van der Waals surface area contributed by atoms with Gasteiger partial charge in [-0.05, 0) is 48.4 Å². The molecular weight excluding hydrogens is 701 g/mol. The Morgan fingerprint density at radius 2 is 0.877 bits per heavy atom. The fourth-order valence-electron chi connectivity index (χ4n) is 7.05. The number of hydrogen-bond donors (Lipinski definition) is 0. The Bertz CT molecular complexity index is 5020. The number of nitrogens with zero attached hydrogens (tertiary/aromatic N) is 8. The second-order valence-electron chi connectivity index (χ2n) is 12.2. The number of fused-ring (bicyclic) bond motifs is 9. The molecule has 12 aromatic rings. The lowest BCUT2D eigenvalue weighted by atomic mass is 10.1. The van der Waals surface area contributed by atoms with E-state index in [1.54, 1.807) is 0 Å². The van der Waals surface area contributed by atoms with Crippen molar-refractivity contribution < 1.29 is 37.0 Å². The maximum Gasteiger partial charge on any atom is 0.238 e. The summed E-state index contributed by atoms with van der Waals surface area (Å²) in [5.74, 6) is -2.36. The van der Waals surface area contributed by atoms with Crippen molar-refractivity contribution in [1.82, 2.24) is 38.6 Å². The molecule has 6 aromatic carbocycles. The molecule has 266 valence electrons. The molecule has 8 nitrogen and oxygen atoms in total. The summed E-state index contributed by atoms with van der Waals surface area (Å²) < 4.78 is 246. The van der Waals surface area contributed by atoms with Crippen LogP contribution in [0, 0.1) is 0 Å². The highest BCUT2D eigenvalue weighted by Crippen LogP contribution is 2.42. The van der Waals surface area contributed by atoms with Gasteiger partial charge in [0.2, 0.25) is 5.95 Å². The van der Waals surface area contributed by atoms with E-state index >= 15 is 0 Å². The van der Waals surface area contributed by atoms with E-state index in [-0.39, 0.29) is 0 Å². The van der Waals surface area contributed by atoms with Crippen molar-refractivity contribution in [3.8, 4) is 40.1 Å². The minimum Gasteiger partial charge on any atom is -0.306 e. The largest absolute Gasteiger partial charge is 0.306 e. The Morgan fingerprint density at radius 3 is 1.47 bits per heavy atom. The van der Waals surface area contributed by atoms with Gasteiger partial charge in [0.05, 0.1) is 93.8 Å². The minimum atomic E-state index is -0.920. The molecule has 0 saturated heterocycles. The van der Waals surface area contributed by atoms with Gasteiger partial charge < -0.3 is 9.13 Å². The predicted octanol–water partition coefficient (Wildman–Crippen LogP) is 11.3. The lowest BCUT2D eigenvalue weighted by molar-refractivity contribution is 0.950. The molecule has 0 amide bonds. The highest BCUT2D eigenvalue weighted by molar-refractivity contribution is 6.12. The SMILES string of the molecule is [2H]c1nc([2H])c2c(c1[2H])c1c([2H])c([2H])c([2H])c([2H])c1n2-c1cccc(-c2nc(-c3c([2H])c([2H])c([2H])c([2H])c3[2H])nc(-n3c4c([2H])c([2H])c([2H])c([2H])c4c4c([2H])c([2H])c([2H])c([2H])c43)n2)c1-n1c2c([2H])nc([2H])c([2H])c2c2c([2H])c([2H])c([2H])c([2H])c21. The first kappa shape index (κ1) is 14.9. The molecule has 0 fully saturated rings. The van der Waals surface area contributed by atoms with Crippen molar-refractivity contribution in [2.45, 2.75) is 0 Å². The molecule has 57 heavy (non-hydrogen) atoms. The number of pyridine rings is 2. The molecule has 0 unspecified atom stereocenters. The smallest absolute Gasteiger partial charge is 0.238 e. The van der Waals surface area contributed by atoms with E-state index in [2.05, 4.69) is 15.0 Å². The zero-order valence-corrected chi connectivity index (χ0v) is 28.3. The van der Waals surface area contributed by atoms with Crippen molar-refractivity contribution in [3.05, 3.63) is 182 Å². The van der Waals surface area contributed by atoms with E-state index in [1.165, 1.54) is 18.2 Å². The number of para-hydroxylation sites is 5. The highest BCUT2D eigenvalue weighted by atomic mass is 15.2. The maximum absolute atomic E-state index is 9.54. The quantitative estimate of drug-likeness (QED) is 0.175. The number of rotatable bonds is 5. The van der Waals surface area contributed by atoms with Gasteiger partial charge in [0.1, 0.15) is 0 Å². The summed E-state index contributed by atoms with van der Waals surface area (Å²) in [6.07, 6.45) is -3.24. The molecular formula is C49H30N8. The van der Waals surface area contributed by atoms with Crippen LogP contribution >= 0.6 is 0 Å². The molecule has 12 rings (SSSR count). The number of benzene rings is 6. The van der Waals surface area contributed by atoms with Gasteiger partial charge in [-0.3, -0.25) is 14.5 Å². The zero-order valence-electron chi connectivity index (χ0n) is 55.3. The average Bonchev–Trinajstić information content (AvgIpc) is 1.59. The Kier molecular flexibility index (Phi) is 3.22. The molecule has 0 atom stereocenters. The van der Waals surface area contributed by atoms with Crippen LogP contribution in [0.2, 0.25) is 0 Å². The molecule has 0 aliphatic carbocycles. The maximum atomic E-state index is 9.54. The summed E-state index contributed by atoms with van der Waals surface area (Å²) in [4.78, 5) is 22.0.